The van der Waals surface area contributed by atoms with Gasteiger partial charge in [0.25, 0.3) is 0 Å². The van der Waals surface area contributed by atoms with Crippen LogP contribution in [0.3, 0.4) is 0 Å². The van der Waals surface area contributed by atoms with Crippen molar-refractivity contribution >= 4 is 0 Å². The molecule has 0 fully saturated rings. The van der Waals surface area contributed by atoms with Gasteiger partial charge in [-0.1, -0.05) is 29.8 Å². The lowest BCUT2D eigenvalue weighted by molar-refractivity contribution is 0.394. The van der Waals surface area contributed by atoms with Crippen molar-refractivity contribution in [3.63, 3.8) is 0 Å². The van der Waals surface area contributed by atoms with Crippen molar-refractivity contribution in [2.45, 2.75) is 32.9 Å². The van der Waals surface area contributed by atoms with Crippen LogP contribution in [0.4, 0.5) is 0 Å². The van der Waals surface area contributed by atoms with Gasteiger partial charge in [0.1, 0.15) is 5.69 Å². The lowest BCUT2D eigenvalue weighted by Crippen LogP contribution is -2.31. The van der Waals surface area contributed by atoms with Crippen LogP contribution < -0.4 is 16.0 Å². The summed E-state index contributed by atoms with van der Waals surface area (Å²) >= 11 is 0. The van der Waals surface area contributed by atoms with Crippen molar-refractivity contribution in [1.82, 2.24) is 15.2 Å². The van der Waals surface area contributed by atoms with Crippen LogP contribution in [-0.2, 0) is 0 Å². The molecule has 1 heterocycles. The van der Waals surface area contributed by atoms with Crippen molar-refractivity contribution in [3.05, 3.63) is 47.3 Å². The molecule has 2 rings (SSSR count). The van der Waals surface area contributed by atoms with Gasteiger partial charge in [-0.3, -0.25) is 10.5 Å². The molecule has 1 atom stereocenters. The molecule has 0 saturated heterocycles. The molecule has 0 spiro atoms. The maximum atomic E-state index is 5.78. The van der Waals surface area contributed by atoms with Gasteiger partial charge in [0.05, 0.1) is 19.3 Å². The smallest absolute Gasteiger partial charge is 0.161 e. The molecule has 0 saturated carbocycles. The Morgan fingerprint density at radius 2 is 1.90 bits per heavy atom. The van der Waals surface area contributed by atoms with Crippen LogP contribution in [0.1, 0.15) is 42.8 Å². The van der Waals surface area contributed by atoms with Gasteiger partial charge in [0.2, 0.25) is 0 Å². The highest BCUT2D eigenvalue weighted by Gasteiger charge is 2.23. The summed E-state index contributed by atoms with van der Waals surface area (Å²) in [7, 11) is 1.65. The van der Waals surface area contributed by atoms with E-state index in [1.807, 2.05) is 4.68 Å². The Kier molecular flexibility index (Phi) is 4.42. The molecule has 108 valence electrons. The summed E-state index contributed by atoms with van der Waals surface area (Å²) in [6.45, 7) is 6.23. The Morgan fingerprint density at radius 3 is 2.40 bits per heavy atom. The number of nitrogens with two attached hydrogens (primary N) is 1. The molecule has 0 aliphatic carbocycles. The van der Waals surface area contributed by atoms with E-state index in [2.05, 4.69) is 55.6 Å². The third-order valence-electron chi connectivity index (χ3n) is 3.36. The number of rotatable bonds is 5. The Morgan fingerprint density at radius 1 is 1.25 bits per heavy atom. The Balaban J connectivity index is 2.50. The molecule has 1 aromatic carbocycles. The number of nitrogens with zero attached hydrogens (tertiary/aromatic N) is 2. The van der Waals surface area contributed by atoms with E-state index in [-0.39, 0.29) is 12.1 Å². The summed E-state index contributed by atoms with van der Waals surface area (Å²) in [5.41, 5.74) is 6.11. The summed E-state index contributed by atoms with van der Waals surface area (Å²) in [4.78, 5) is 0. The van der Waals surface area contributed by atoms with Gasteiger partial charge < -0.3 is 4.74 Å². The first kappa shape index (κ1) is 14.6. The average Bonchev–Trinajstić information content (AvgIpc) is 2.86. The van der Waals surface area contributed by atoms with Crippen LogP contribution in [0.15, 0.2) is 30.5 Å². The van der Waals surface area contributed by atoms with Crippen LogP contribution in [0.2, 0.25) is 0 Å². The quantitative estimate of drug-likeness (QED) is 0.649. The molecule has 5 nitrogen and oxygen atoms in total. The van der Waals surface area contributed by atoms with Crippen LogP contribution in [0.5, 0.6) is 5.75 Å². The predicted molar refractivity (Wildman–Crippen MR) is 79.5 cm³/mol. The van der Waals surface area contributed by atoms with Gasteiger partial charge in [-0.2, -0.15) is 5.10 Å². The zero-order valence-electron chi connectivity index (χ0n) is 12.4. The zero-order chi connectivity index (χ0) is 14.7. The Bertz CT molecular complexity index is 560. The standard InChI is InChI=1S/C15H22N4O/c1-10(2)19-15(13(20-4)9-17-19)14(18-16)12-7-5-11(3)6-8-12/h5-10,14,18H,16H2,1-4H3. The summed E-state index contributed by atoms with van der Waals surface area (Å²) in [6, 6.07) is 8.35. The summed E-state index contributed by atoms with van der Waals surface area (Å²) in [5, 5.41) is 4.39. The van der Waals surface area contributed by atoms with Crippen LogP contribution in [0.25, 0.3) is 0 Å². The number of benzene rings is 1. The van der Waals surface area contributed by atoms with Crippen LogP contribution in [0, 0.1) is 6.92 Å². The maximum Gasteiger partial charge on any atom is 0.161 e. The fraction of sp³-hybridized carbons (Fsp3) is 0.400. The van der Waals surface area contributed by atoms with Gasteiger partial charge in [-0.15, -0.1) is 0 Å². The van der Waals surface area contributed by atoms with E-state index in [0.717, 1.165) is 17.0 Å². The lowest BCUT2D eigenvalue weighted by Gasteiger charge is -2.21. The van der Waals surface area contributed by atoms with Crippen molar-refractivity contribution in [1.29, 1.82) is 0 Å². The molecular formula is C15H22N4O. The van der Waals surface area contributed by atoms with Crippen LogP contribution >= 0.6 is 0 Å². The third-order valence-corrected chi connectivity index (χ3v) is 3.36. The second-order valence-corrected chi connectivity index (χ2v) is 5.15. The fourth-order valence-corrected chi connectivity index (χ4v) is 2.29. The average molecular weight is 274 g/mol. The molecular weight excluding hydrogens is 252 g/mol. The topological polar surface area (TPSA) is 65.1 Å². The molecule has 0 aliphatic rings. The summed E-state index contributed by atoms with van der Waals surface area (Å²) < 4.78 is 7.36. The number of aryl methyl sites for hydroxylation is 1. The van der Waals surface area contributed by atoms with Gasteiger partial charge in [-0.05, 0) is 26.3 Å². The number of hydrogen-bond acceptors (Lipinski definition) is 4. The molecule has 2 aromatic rings. The molecule has 5 heteroatoms. The van der Waals surface area contributed by atoms with Crippen molar-refractivity contribution in [2.75, 3.05) is 7.11 Å². The van der Waals surface area contributed by atoms with Crippen molar-refractivity contribution in [2.24, 2.45) is 5.84 Å². The number of aromatic nitrogens is 2. The number of nitrogens with one attached hydrogen (secondary N) is 1. The van der Waals surface area contributed by atoms with Crippen LogP contribution in [-0.4, -0.2) is 16.9 Å². The highest BCUT2D eigenvalue weighted by atomic mass is 16.5. The van der Waals surface area contributed by atoms with E-state index in [0.29, 0.717) is 0 Å². The second-order valence-electron chi connectivity index (χ2n) is 5.15. The van der Waals surface area contributed by atoms with E-state index in [1.165, 1.54) is 5.56 Å². The minimum Gasteiger partial charge on any atom is -0.493 e. The minimum atomic E-state index is -0.157. The Hall–Kier alpha value is -1.85. The van der Waals surface area contributed by atoms with Gasteiger partial charge in [0, 0.05) is 6.04 Å². The third kappa shape index (κ3) is 2.69. The summed E-state index contributed by atoms with van der Waals surface area (Å²) in [5.74, 6) is 6.52. The zero-order valence-corrected chi connectivity index (χ0v) is 12.4. The normalized spacial score (nSPS) is 12.7. The molecule has 1 aromatic heterocycles. The van der Waals surface area contributed by atoms with E-state index in [4.69, 9.17) is 10.6 Å². The lowest BCUT2D eigenvalue weighted by atomic mass is 10.0. The Labute approximate surface area is 119 Å². The number of hydrogen-bond donors (Lipinski definition) is 2. The molecule has 3 N–H and O–H groups in total. The van der Waals surface area contributed by atoms with Gasteiger partial charge in [-0.25, -0.2) is 5.43 Å². The largest absolute Gasteiger partial charge is 0.493 e. The van der Waals surface area contributed by atoms with E-state index in [9.17, 15) is 0 Å². The minimum absolute atomic E-state index is 0.157. The molecule has 0 amide bonds. The predicted octanol–water partition coefficient (Wildman–Crippen LogP) is 2.33. The maximum absolute atomic E-state index is 5.78. The van der Waals surface area contributed by atoms with E-state index in [1.54, 1.807) is 13.3 Å². The first-order chi connectivity index (χ1) is 9.58. The number of ether oxygens (including phenoxy) is 1. The van der Waals surface area contributed by atoms with E-state index >= 15 is 0 Å². The fourth-order valence-electron chi connectivity index (χ4n) is 2.29. The van der Waals surface area contributed by atoms with Crippen molar-refractivity contribution < 1.29 is 4.74 Å². The monoisotopic (exact) mass is 274 g/mol. The SMILES string of the molecule is COc1cnn(C(C)C)c1C(NN)c1ccc(C)cc1. The first-order valence-corrected chi connectivity index (χ1v) is 6.72. The van der Waals surface area contributed by atoms with Gasteiger partial charge >= 0.3 is 0 Å². The molecule has 0 bridgehead atoms. The highest BCUT2D eigenvalue weighted by molar-refractivity contribution is 5.37. The van der Waals surface area contributed by atoms with E-state index < -0.39 is 0 Å². The molecule has 0 radical (unpaired) electrons. The number of hydrazine groups is 1. The molecule has 1 unspecified atom stereocenters. The number of methoxy groups -OCH3 is 1. The van der Waals surface area contributed by atoms with Gasteiger partial charge in [0.15, 0.2) is 5.75 Å². The molecule has 20 heavy (non-hydrogen) atoms. The first-order valence-electron chi connectivity index (χ1n) is 6.72. The van der Waals surface area contributed by atoms with Crippen molar-refractivity contribution in [3.8, 4) is 5.75 Å². The second kappa shape index (κ2) is 6.07. The molecule has 0 aliphatic heterocycles. The summed E-state index contributed by atoms with van der Waals surface area (Å²) in [6.07, 6.45) is 1.73. The highest BCUT2D eigenvalue weighted by Crippen LogP contribution is 2.31.